The number of halogens is 4. The first-order valence-electron chi connectivity index (χ1n) is 12.8. The minimum atomic E-state index is -0.583. The fraction of sp³-hybridized carbons (Fsp3) is 0.536. The van der Waals surface area contributed by atoms with Gasteiger partial charge in [0.2, 0.25) is 5.91 Å². The molecule has 36 heavy (non-hydrogen) atoms. The third kappa shape index (κ3) is 5.41. The van der Waals surface area contributed by atoms with Gasteiger partial charge in [-0.25, -0.2) is 0 Å². The molecule has 3 unspecified atom stereocenters. The summed E-state index contributed by atoms with van der Waals surface area (Å²) in [6.07, 6.45) is 7.02. The Morgan fingerprint density at radius 2 is 1.61 bits per heavy atom. The average Bonchev–Trinajstić information content (AvgIpc) is 3.58. The van der Waals surface area contributed by atoms with Gasteiger partial charge in [-0.1, -0.05) is 58.5 Å². The van der Waals surface area contributed by atoms with Crippen molar-refractivity contribution in [3.8, 4) is 0 Å². The molecule has 2 aromatic carbocycles. The van der Waals surface area contributed by atoms with Crippen molar-refractivity contribution in [2.75, 3.05) is 20.6 Å². The number of amides is 1. The van der Waals surface area contributed by atoms with Gasteiger partial charge >= 0.3 is 0 Å². The molecule has 1 N–H and O–H groups in total. The second kappa shape index (κ2) is 10.6. The first-order valence-corrected chi connectivity index (χ1v) is 14.3. The number of nitrogens with zero attached hydrogens (tertiary/aromatic N) is 2. The van der Waals surface area contributed by atoms with Crippen molar-refractivity contribution in [1.29, 1.82) is 0 Å². The molecule has 2 saturated heterocycles. The molecule has 3 aliphatic rings. The van der Waals surface area contributed by atoms with E-state index in [2.05, 4.69) is 29.2 Å². The van der Waals surface area contributed by atoms with Crippen LogP contribution in [-0.2, 0) is 16.6 Å². The molecule has 4 nitrogen and oxygen atoms in total. The maximum absolute atomic E-state index is 13.8. The number of piperidine rings is 1. The Labute approximate surface area is 234 Å². The van der Waals surface area contributed by atoms with E-state index in [1.54, 1.807) is 12.1 Å². The lowest BCUT2D eigenvalue weighted by atomic mass is 9.93. The molecule has 1 saturated carbocycles. The zero-order chi connectivity index (χ0) is 25.6. The number of carbonyl (C=O) groups excluding carboxylic acids is 1. The smallest absolute Gasteiger partial charge is 0.230 e. The Kier molecular flexibility index (Phi) is 7.85. The molecule has 0 spiro atoms. The predicted molar refractivity (Wildman–Crippen MR) is 150 cm³/mol. The highest BCUT2D eigenvalue weighted by molar-refractivity contribution is 6.35. The molecular formula is C28H33Cl4N3O. The van der Waals surface area contributed by atoms with Crippen molar-refractivity contribution in [3.05, 3.63) is 67.6 Å². The Morgan fingerprint density at radius 1 is 1.00 bits per heavy atom. The molecule has 0 aromatic heterocycles. The lowest BCUT2D eigenvalue weighted by Gasteiger charge is -2.43. The Balaban J connectivity index is 1.37. The van der Waals surface area contributed by atoms with Crippen LogP contribution in [-0.4, -0.2) is 60.5 Å². The van der Waals surface area contributed by atoms with Gasteiger partial charge in [0, 0.05) is 50.8 Å². The molecule has 2 heterocycles. The van der Waals surface area contributed by atoms with Crippen LogP contribution in [0.15, 0.2) is 36.4 Å². The number of carbonyl (C=O) groups is 1. The van der Waals surface area contributed by atoms with E-state index in [0.29, 0.717) is 44.6 Å². The van der Waals surface area contributed by atoms with E-state index < -0.39 is 5.41 Å². The zero-order valence-corrected chi connectivity index (χ0v) is 23.8. The normalized spacial score (nSPS) is 25.7. The summed E-state index contributed by atoms with van der Waals surface area (Å²) in [5.41, 5.74) is 1.28. The molecule has 3 atom stereocenters. The summed E-state index contributed by atoms with van der Waals surface area (Å²) in [6, 6.07) is 12.7. The second-order valence-corrected chi connectivity index (χ2v) is 12.7. The summed E-state index contributed by atoms with van der Waals surface area (Å²) < 4.78 is 0. The van der Waals surface area contributed by atoms with E-state index in [1.807, 2.05) is 24.3 Å². The van der Waals surface area contributed by atoms with E-state index in [1.165, 1.54) is 25.7 Å². The van der Waals surface area contributed by atoms with Crippen molar-refractivity contribution in [2.45, 2.75) is 74.5 Å². The van der Waals surface area contributed by atoms with Crippen molar-refractivity contribution in [3.63, 3.8) is 0 Å². The SMILES string of the molecule is CN(C)C1CC2CCC(C1)N2CC(Cc1ccc(Cl)cc1Cl)NC(=O)C1(c2ccc(Cl)cc2Cl)CC1. The summed E-state index contributed by atoms with van der Waals surface area (Å²) in [4.78, 5) is 18.8. The van der Waals surface area contributed by atoms with E-state index in [9.17, 15) is 4.79 Å². The van der Waals surface area contributed by atoms with Gasteiger partial charge < -0.3 is 10.2 Å². The molecule has 5 rings (SSSR count). The van der Waals surface area contributed by atoms with E-state index in [0.717, 1.165) is 30.5 Å². The topological polar surface area (TPSA) is 35.6 Å². The Morgan fingerprint density at radius 3 is 2.17 bits per heavy atom. The summed E-state index contributed by atoms with van der Waals surface area (Å²) in [7, 11) is 4.37. The monoisotopic (exact) mass is 567 g/mol. The molecule has 2 bridgehead atoms. The van der Waals surface area contributed by atoms with Crippen molar-refractivity contribution in [2.24, 2.45) is 0 Å². The van der Waals surface area contributed by atoms with Crippen LogP contribution in [0.5, 0.6) is 0 Å². The van der Waals surface area contributed by atoms with E-state index >= 15 is 0 Å². The van der Waals surface area contributed by atoms with Gasteiger partial charge in [0.1, 0.15) is 0 Å². The summed E-state index contributed by atoms with van der Waals surface area (Å²) in [6.45, 7) is 0.810. The number of hydrogen-bond donors (Lipinski definition) is 1. The summed E-state index contributed by atoms with van der Waals surface area (Å²) in [5.74, 6) is 0.0392. The molecule has 3 fully saturated rings. The minimum absolute atomic E-state index is 0.0392. The van der Waals surface area contributed by atoms with Gasteiger partial charge in [0.25, 0.3) is 0 Å². The number of rotatable bonds is 8. The van der Waals surface area contributed by atoms with Gasteiger partial charge in [-0.15, -0.1) is 0 Å². The number of hydrogen-bond acceptors (Lipinski definition) is 3. The van der Waals surface area contributed by atoms with Gasteiger partial charge in [0.05, 0.1) is 5.41 Å². The van der Waals surface area contributed by atoms with Crippen molar-refractivity contribution in [1.82, 2.24) is 15.1 Å². The third-order valence-corrected chi connectivity index (χ3v) is 9.60. The number of fused-ring (bicyclic) bond motifs is 2. The average molecular weight is 569 g/mol. The maximum atomic E-state index is 13.8. The summed E-state index contributed by atoms with van der Waals surface area (Å²) >= 11 is 25.4. The van der Waals surface area contributed by atoms with Gasteiger partial charge in [-0.05, 0) is 94.4 Å². The number of nitrogens with one attached hydrogen (secondary N) is 1. The van der Waals surface area contributed by atoms with Crippen LogP contribution < -0.4 is 5.32 Å². The highest BCUT2D eigenvalue weighted by atomic mass is 35.5. The lowest BCUT2D eigenvalue weighted by Crippen LogP contribution is -2.55. The first kappa shape index (κ1) is 26.6. The quantitative estimate of drug-likeness (QED) is 0.389. The molecular weight excluding hydrogens is 536 g/mol. The van der Waals surface area contributed by atoms with Gasteiger partial charge in [0.15, 0.2) is 0 Å². The first-order chi connectivity index (χ1) is 17.2. The maximum Gasteiger partial charge on any atom is 0.230 e. The van der Waals surface area contributed by atoms with Crippen LogP contribution >= 0.6 is 46.4 Å². The number of benzene rings is 2. The molecule has 8 heteroatoms. The third-order valence-electron chi connectivity index (χ3n) is 8.47. The fourth-order valence-corrected chi connectivity index (χ4v) is 7.35. The standard InChI is InChI=1S/C28H33Cl4N3O/c1-34(2)23-14-21-6-7-22(15-23)35(21)16-20(11-17-3-4-18(29)12-25(17)31)33-27(36)28(9-10-28)24-8-5-19(30)13-26(24)32/h3-5,8,12-13,20-23H,6-7,9-11,14-16H2,1-2H3,(H,33,36). The van der Waals surface area contributed by atoms with Crippen LogP contribution in [0.2, 0.25) is 20.1 Å². The van der Waals surface area contributed by atoms with Crippen LogP contribution in [0.25, 0.3) is 0 Å². The molecule has 2 aromatic rings. The molecule has 2 aliphatic heterocycles. The van der Waals surface area contributed by atoms with E-state index in [4.69, 9.17) is 46.4 Å². The second-order valence-electron chi connectivity index (χ2n) is 11.0. The van der Waals surface area contributed by atoms with Gasteiger partial charge in [-0.2, -0.15) is 0 Å². The summed E-state index contributed by atoms with van der Waals surface area (Å²) in [5, 5.41) is 5.80. The van der Waals surface area contributed by atoms with Gasteiger partial charge in [-0.3, -0.25) is 9.69 Å². The molecule has 1 amide bonds. The van der Waals surface area contributed by atoms with Crippen molar-refractivity contribution < 1.29 is 4.79 Å². The molecule has 194 valence electrons. The lowest BCUT2D eigenvalue weighted by molar-refractivity contribution is -0.124. The zero-order valence-electron chi connectivity index (χ0n) is 20.7. The predicted octanol–water partition coefficient (Wildman–Crippen LogP) is 6.62. The van der Waals surface area contributed by atoms with Crippen LogP contribution in [0.4, 0.5) is 0 Å². The van der Waals surface area contributed by atoms with Crippen LogP contribution in [0, 0.1) is 0 Å². The van der Waals surface area contributed by atoms with Crippen molar-refractivity contribution >= 4 is 52.3 Å². The Bertz CT molecular complexity index is 1120. The highest BCUT2D eigenvalue weighted by Crippen LogP contribution is 2.51. The highest BCUT2D eigenvalue weighted by Gasteiger charge is 2.53. The molecule has 1 aliphatic carbocycles. The Hall–Kier alpha value is -1.01. The van der Waals surface area contributed by atoms with Crippen LogP contribution in [0.1, 0.15) is 49.7 Å². The van der Waals surface area contributed by atoms with E-state index in [-0.39, 0.29) is 11.9 Å². The van der Waals surface area contributed by atoms with Crippen LogP contribution in [0.3, 0.4) is 0 Å². The molecule has 0 radical (unpaired) electrons. The largest absolute Gasteiger partial charge is 0.351 e. The minimum Gasteiger partial charge on any atom is -0.351 e. The fourth-order valence-electron chi connectivity index (χ4n) is 6.28.